The van der Waals surface area contributed by atoms with E-state index in [4.69, 9.17) is 10.5 Å². The number of carbonyl (C=O) groups excluding carboxylic acids is 1. The molecule has 1 amide bonds. The van der Waals surface area contributed by atoms with Crippen molar-refractivity contribution >= 4 is 5.91 Å². The van der Waals surface area contributed by atoms with Gasteiger partial charge in [0.25, 0.3) is 0 Å². The molecule has 1 saturated heterocycles. The molecule has 2 heterocycles. The average Bonchev–Trinajstić information content (AvgIpc) is 2.75. The van der Waals surface area contributed by atoms with Gasteiger partial charge in [0, 0.05) is 44.9 Å². The van der Waals surface area contributed by atoms with Crippen LogP contribution in [0.3, 0.4) is 0 Å². The van der Waals surface area contributed by atoms with Gasteiger partial charge in [-0.2, -0.15) is 5.10 Å². The predicted molar refractivity (Wildman–Crippen MR) is 66.9 cm³/mol. The number of hydrogen-bond donors (Lipinski definition) is 1. The Kier molecular flexibility index (Phi) is 3.68. The molecule has 0 aliphatic carbocycles. The number of hydrogen-bond acceptors (Lipinski definition) is 4. The van der Waals surface area contributed by atoms with Gasteiger partial charge in [0.2, 0.25) is 5.91 Å². The number of rotatable bonds is 4. The van der Waals surface area contributed by atoms with Gasteiger partial charge in [-0.15, -0.1) is 0 Å². The van der Waals surface area contributed by atoms with Gasteiger partial charge in [0.1, 0.15) is 0 Å². The van der Waals surface area contributed by atoms with E-state index in [1.165, 1.54) is 0 Å². The van der Waals surface area contributed by atoms with Crippen LogP contribution < -0.4 is 5.73 Å². The van der Waals surface area contributed by atoms with Crippen molar-refractivity contribution in [3.63, 3.8) is 0 Å². The number of carbonyl (C=O) groups is 1. The fourth-order valence-electron chi connectivity index (χ4n) is 2.58. The number of nitrogens with two attached hydrogens (primary N) is 1. The quantitative estimate of drug-likeness (QED) is 0.817. The smallest absolute Gasteiger partial charge is 0.224 e. The van der Waals surface area contributed by atoms with Gasteiger partial charge >= 0.3 is 0 Å². The van der Waals surface area contributed by atoms with Gasteiger partial charge in [-0.05, 0) is 6.92 Å². The highest BCUT2D eigenvalue weighted by Gasteiger charge is 2.39. The molecule has 0 bridgehead atoms. The molecular formula is C12H20N4O2. The van der Waals surface area contributed by atoms with Crippen LogP contribution in [-0.4, -0.2) is 46.9 Å². The molecule has 0 spiro atoms. The minimum absolute atomic E-state index is 0.0821. The number of likely N-dealkylation sites (tertiary alicyclic amines) is 1. The highest BCUT2D eigenvalue weighted by Crippen LogP contribution is 2.33. The monoisotopic (exact) mass is 252 g/mol. The van der Waals surface area contributed by atoms with Crippen LogP contribution in [0.25, 0.3) is 0 Å². The third kappa shape index (κ3) is 2.26. The van der Waals surface area contributed by atoms with E-state index in [-0.39, 0.29) is 18.0 Å². The Balaban J connectivity index is 2.27. The van der Waals surface area contributed by atoms with E-state index in [2.05, 4.69) is 5.10 Å². The van der Waals surface area contributed by atoms with Crippen LogP contribution in [0.15, 0.2) is 6.20 Å². The first kappa shape index (κ1) is 13.0. The van der Waals surface area contributed by atoms with Gasteiger partial charge in [-0.25, -0.2) is 0 Å². The van der Waals surface area contributed by atoms with Crippen molar-refractivity contribution in [1.82, 2.24) is 14.7 Å². The van der Waals surface area contributed by atoms with E-state index >= 15 is 0 Å². The number of aryl methyl sites for hydroxylation is 2. The van der Waals surface area contributed by atoms with Gasteiger partial charge in [-0.3, -0.25) is 9.48 Å². The summed E-state index contributed by atoms with van der Waals surface area (Å²) in [6.07, 6.45) is 2.33. The first-order valence-corrected chi connectivity index (χ1v) is 6.08. The molecule has 0 aromatic carbocycles. The molecule has 1 aromatic heterocycles. The van der Waals surface area contributed by atoms with Crippen molar-refractivity contribution in [2.75, 3.05) is 20.3 Å². The van der Waals surface area contributed by atoms with Crippen molar-refractivity contribution in [3.8, 4) is 0 Å². The molecule has 1 aliphatic rings. The molecule has 2 unspecified atom stereocenters. The Morgan fingerprint density at radius 2 is 2.33 bits per heavy atom. The summed E-state index contributed by atoms with van der Waals surface area (Å²) in [7, 11) is 3.50. The second-order valence-corrected chi connectivity index (χ2v) is 4.74. The Hall–Kier alpha value is -1.40. The van der Waals surface area contributed by atoms with Crippen LogP contribution in [0, 0.1) is 6.92 Å². The Morgan fingerprint density at radius 3 is 2.89 bits per heavy atom. The lowest BCUT2D eigenvalue weighted by atomic mass is 10.0. The zero-order valence-electron chi connectivity index (χ0n) is 11.1. The minimum atomic E-state index is -0.169. The normalized spacial score (nSPS) is 24.0. The summed E-state index contributed by atoms with van der Waals surface area (Å²) >= 11 is 0. The number of amides is 1. The molecule has 2 atom stereocenters. The summed E-state index contributed by atoms with van der Waals surface area (Å²) in [5.74, 6) is 0.0906. The summed E-state index contributed by atoms with van der Waals surface area (Å²) in [5.41, 5.74) is 8.06. The maximum Gasteiger partial charge on any atom is 0.224 e. The fourth-order valence-corrected chi connectivity index (χ4v) is 2.58. The lowest BCUT2D eigenvalue weighted by Gasteiger charge is -2.26. The summed E-state index contributed by atoms with van der Waals surface area (Å²) in [6.45, 7) is 3.04. The second-order valence-electron chi connectivity index (χ2n) is 4.74. The third-order valence-electron chi connectivity index (χ3n) is 3.38. The molecule has 1 fully saturated rings. The lowest BCUT2D eigenvalue weighted by Crippen LogP contribution is -2.35. The van der Waals surface area contributed by atoms with Gasteiger partial charge < -0.3 is 15.4 Å². The molecular weight excluding hydrogens is 232 g/mol. The van der Waals surface area contributed by atoms with E-state index in [0.29, 0.717) is 19.6 Å². The van der Waals surface area contributed by atoms with Crippen LogP contribution in [0.4, 0.5) is 0 Å². The summed E-state index contributed by atoms with van der Waals surface area (Å²) < 4.78 is 6.81. The van der Waals surface area contributed by atoms with E-state index < -0.39 is 0 Å². The molecule has 18 heavy (non-hydrogen) atoms. The van der Waals surface area contributed by atoms with Gasteiger partial charge in [0.05, 0.1) is 18.3 Å². The fraction of sp³-hybridized carbons (Fsp3) is 0.667. The van der Waals surface area contributed by atoms with Crippen LogP contribution in [0.2, 0.25) is 0 Å². The van der Waals surface area contributed by atoms with Crippen LogP contribution in [0.5, 0.6) is 0 Å². The molecule has 100 valence electrons. The number of aromatic nitrogens is 2. The Bertz CT molecular complexity index is 443. The maximum atomic E-state index is 12.0. The van der Waals surface area contributed by atoms with Crippen molar-refractivity contribution in [2.24, 2.45) is 12.8 Å². The highest BCUT2D eigenvalue weighted by molar-refractivity contribution is 5.80. The highest BCUT2D eigenvalue weighted by atomic mass is 16.5. The maximum absolute atomic E-state index is 12.0. The van der Waals surface area contributed by atoms with E-state index in [1.54, 1.807) is 16.7 Å². The molecule has 6 heteroatoms. The van der Waals surface area contributed by atoms with Crippen LogP contribution in [-0.2, 0) is 16.6 Å². The van der Waals surface area contributed by atoms with E-state index in [0.717, 1.165) is 11.3 Å². The Labute approximate surface area is 107 Å². The zero-order chi connectivity index (χ0) is 13.3. The van der Waals surface area contributed by atoms with Crippen LogP contribution >= 0.6 is 0 Å². The lowest BCUT2D eigenvalue weighted by molar-refractivity contribution is -0.129. The van der Waals surface area contributed by atoms with Crippen molar-refractivity contribution < 1.29 is 9.53 Å². The van der Waals surface area contributed by atoms with Crippen LogP contribution in [0.1, 0.15) is 23.7 Å². The average molecular weight is 252 g/mol. The standard InChI is InChI=1S/C12H20N4O2/c1-8-9(7-15(2)14-8)12-10(13)6-11(17)16(12)4-5-18-3/h7,10,12H,4-6,13H2,1-3H3. The first-order valence-electron chi connectivity index (χ1n) is 6.08. The SMILES string of the molecule is COCCN1C(=O)CC(N)C1c1cn(C)nc1C. The molecule has 2 rings (SSSR count). The number of nitrogens with zero attached hydrogens (tertiary/aromatic N) is 3. The van der Waals surface area contributed by atoms with Crippen molar-refractivity contribution in [1.29, 1.82) is 0 Å². The largest absolute Gasteiger partial charge is 0.383 e. The summed E-state index contributed by atoms with van der Waals surface area (Å²) in [5, 5.41) is 4.32. The number of methoxy groups -OCH3 is 1. The van der Waals surface area contributed by atoms with E-state index in [1.807, 2.05) is 20.2 Å². The van der Waals surface area contributed by atoms with E-state index in [9.17, 15) is 4.79 Å². The molecule has 1 aliphatic heterocycles. The topological polar surface area (TPSA) is 73.4 Å². The molecule has 0 saturated carbocycles. The third-order valence-corrected chi connectivity index (χ3v) is 3.38. The van der Waals surface area contributed by atoms with Gasteiger partial charge in [0.15, 0.2) is 0 Å². The van der Waals surface area contributed by atoms with Crippen molar-refractivity contribution in [3.05, 3.63) is 17.5 Å². The van der Waals surface area contributed by atoms with Gasteiger partial charge in [-0.1, -0.05) is 0 Å². The predicted octanol–water partition coefficient (Wildman–Crippen LogP) is -0.0244. The molecule has 2 N–H and O–H groups in total. The minimum Gasteiger partial charge on any atom is -0.383 e. The summed E-state index contributed by atoms with van der Waals surface area (Å²) in [4.78, 5) is 13.8. The molecule has 0 radical (unpaired) electrons. The molecule has 6 nitrogen and oxygen atoms in total. The second kappa shape index (κ2) is 5.07. The Morgan fingerprint density at radius 1 is 1.61 bits per heavy atom. The first-order chi connectivity index (χ1) is 8.54. The molecule has 1 aromatic rings. The zero-order valence-corrected chi connectivity index (χ0v) is 11.1. The van der Waals surface area contributed by atoms with Crippen molar-refractivity contribution in [2.45, 2.75) is 25.4 Å². The summed E-state index contributed by atoms with van der Waals surface area (Å²) in [6, 6.07) is -0.251. The number of ether oxygens (including phenoxy) is 1.